The maximum absolute atomic E-state index is 11.6. The number of fused-ring (bicyclic) bond motifs is 1. The number of carbonyl (C=O) groups is 2. The van der Waals surface area contributed by atoms with Crippen LogP contribution in [0.15, 0.2) is 9.93 Å². The summed E-state index contributed by atoms with van der Waals surface area (Å²) in [6.45, 7) is 2.00. The summed E-state index contributed by atoms with van der Waals surface area (Å²) in [5.41, 5.74) is 5.39. The average Bonchev–Trinajstić information content (AvgIpc) is 2.56. The fourth-order valence-electron chi connectivity index (χ4n) is 2.04. The molecule has 1 saturated heterocycles. The van der Waals surface area contributed by atoms with E-state index in [9.17, 15) is 19.8 Å². The zero-order chi connectivity index (χ0) is 13.5. The summed E-state index contributed by atoms with van der Waals surface area (Å²) in [5.74, 6) is -0.821. The van der Waals surface area contributed by atoms with Gasteiger partial charge in [0.25, 0.3) is 0 Å². The maximum Gasteiger partial charge on any atom is 0.354 e. The molecule has 4 N–H and O–H groups in total. The van der Waals surface area contributed by atoms with Gasteiger partial charge in [-0.05, 0) is 6.92 Å². The van der Waals surface area contributed by atoms with Crippen molar-refractivity contribution in [3.63, 3.8) is 0 Å². The third-order valence-corrected chi connectivity index (χ3v) is 5.82. The highest BCUT2D eigenvalue weighted by Gasteiger charge is 2.62. The lowest BCUT2D eigenvalue weighted by Gasteiger charge is -2.48. The van der Waals surface area contributed by atoms with E-state index in [-0.39, 0.29) is 18.0 Å². The molecule has 100 valence electrons. The van der Waals surface area contributed by atoms with Crippen LogP contribution in [0, 0.1) is 0 Å². The van der Waals surface area contributed by atoms with Gasteiger partial charge < -0.3 is 15.9 Å². The van der Waals surface area contributed by atoms with E-state index in [0.717, 1.165) is 0 Å². The van der Waals surface area contributed by atoms with Gasteiger partial charge in [-0.1, -0.05) is 11.8 Å². The molecule has 18 heavy (non-hydrogen) atoms. The fraction of sp³-hybridized carbons (Fsp3) is 0.600. The highest BCUT2D eigenvalue weighted by atomic mass is 32.2. The predicted octanol–water partition coefficient (Wildman–Crippen LogP) is -0.0118. The number of rotatable bonds is 5. The zero-order valence-corrected chi connectivity index (χ0v) is 11.4. The standard InChI is InChI=1S/C10H14N2O4S2/c1-5(13)10-4-6(14)12(10)7(8(15)16)9(18-10)17-3-2-11/h5,13H,2-4,11H2,1H3,(H,15,16)/t5?,10-/m0/s1. The number of nitrogens with two attached hydrogens (primary N) is 1. The lowest BCUT2D eigenvalue weighted by molar-refractivity contribution is -0.155. The Morgan fingerprint density at radius 1 is 1.72 bits per heavy atom. The molecule has 0 spiro atoms. The van der Waals surface area contributed by atoms with Gasteiger partial charge in [0.05, 0.1) is 16.8 Å². The van der Waals surface area contributed by atoms with Crippen molar-refractivity contribution < 1.29 is 19.8 Å². The molecule has 0 aromatic heterocycles. The van der Waals surface area contributed by atoms with E-state index in [1.54, 1.807) is 6.92 Å². The van der Waals surface area contributed by atoms with Gasteiger partial charge in [0.2, 0.25) is 5.91 Å². The van der Waals surface area contributed by atoms with E-state index in [1.807, 2.05) is 0 Å². The van der Waals surface area contributed by atoms with Gasteiger partial charge in [0, 0.05) is 12.3 Å². The quantitative estimate of drug-likeness (QED) is 0.612. The van der Waals surface area contributed by atoms with Gasteiger partial charge >= 0.3 is 5.97 Å². The van der Waals surface area contributed by atoms with Gasteiger partial charge in [-0.25, -0.2) is 4.79 Å². The van der Waals surface area contributed by atoms with E-state index in [4.69, 9.17) is 5.73 Å². The Morgan fingerprint density at radius 3 is 2.83 bits per heavy atom. The van der Waals surface area contributed by atoms with Crippen LogP contribution in [-0.2, 0) is 9.59 Å². The van der Waals surface area contributed by atoms with Crippen molar-refractivity contribution in [3.8, 4) is 0 Å². The van der Waals surface area contributed by atoms with E-state index >= 15 is 0 Å². The molecule has 0 radical (unpaired) electrons. The van der Waals surface area contributed by atoms with Crippen molar-refractivity contribution in [1.29, 1.82) is 0 Å². The van der Waals surface area contributed by atoms with Crippen LogP contribution in [0.1, 0.15) is 13.3 Å². The lowest BCUT2D eigenvalue weighted by atomic mass is 9.95. The van der Waals surface area contributed by atoms with E-state index in [0.29, 0.717) is 16.5 Å². The molecule has 2 rings (SSSR count). The van der Waals surface area contributed by atoms with Crippen LogP contribution < -0.4 is 5.73 Å². The first-order valence-corrected chi connectivity index (χ1v) is 7.25. The van der Waals surface area contributed by atoms with E-state index in [2.05, 4.69) is 0 Å². The molecule has 1 amide bonds. The monoisotopic (exact) mass is 290 g/mol. The molecule has 2 aliphatic heterocycles. The molecule has 0 aliphatic carbocycles. The lowest BCUT2D eigenvalue weighted by Crippen LogP contribution is -2.64. The van der Waals surface area contributed by atoms with Crippen LogP contribution in [0.4, 0.5) is 0 Å². The van der Waals surface area contributed by atoms with Gasteiger partial charge in [0.15, 0.2) is 5.70 Å². The van der Waals surface area contributed by atoms with Crippen molar-refractivity contribution in [2.45, 2.75) is 24.3 Å². The van der Waals surface area contributed by atoms with Crippen LogP contribution in [-0.4, -0.2) is 50.3 Å². The number of nitrogens with zero attached hydrogens (tertiary/aromatic N) is 1. The SMILES string of the molecule is CC(O)[C@@]12CC(=O)N1C(C(=O)O)=C(SCCN)S2. The number of hydrogen-bond acceptors (Lipinski definition) is 6. The molecule has 2 heterocycles. The second kappa shape index (κ2) is 4.76. The number of aliphatic carboxylic acids is 1. The van der Waals surface area contributed by atoms with Crippen LogP contribution in [0.25, 0.3) is 0 Å². The molecule has 2 atom stereocenters. The maximum atomic E-state index is 11.6. The number of carboxylic acids is 1. The van der Waals surface area contributed by atoms with Gasteiger partial charge in [-0.15, -0.1) is 11.8 Å². The number of carbonyl (C=O) groups excluding carboxylic acids is 1. The topological polar surface area (TPSA) is 104 Å². The number of aliphatic hydroxyl groups is 1. The number of hydrogen-bond donors (Lipinski definition) is 3. The summed E-state index contributed by atoms with van der Waals surface area (Å²) in [7, 11) is 0. The Hall–Kier alpha value is -0.700. The summed E-state index contributed by atoms with van der Waals surface area (Å²) in [6, 6.07) is 0. The Balaban J connectivity index is 2.33. The van der Waals surface area contributed by atoms with Crippen LogP contribution in [0.2, 0.25) is 0 Å². The van der Waals surface area contributed by atoms with Crippen molar-refractivity contribution in [3.05, 3.63) is 9.93 Å². The third-order valence-electron chi connectivity index (χ3n) is 2.93. The Bertz CT molecular complexity index is 438. The molecule has 1 unspecified atom stereocenters. The van der Waals surface area contributed by atoms with Crippen molar-refractivity contribution >= 4 is 35.4 Å². The Kier molecular flexibility index (Phi) is 3.63. The van der Waals surface area contributed by atoms with Gasteiger partial charge in [-0.3, -0.25) is 9.69 Å². The molecule has 2 aliphatic rings. The predicted molar refractivity (Wildman–Crippen MR) is 69.6 cm³/mol. The van der Waals surface area contributed by atoms with Crippen LogP contribution in [0.5, 0.6) is 0 Å². The summed E-state index contributed by atoms with van der Waals surface area (Å²) < 4.78 is 0.555. The molecule has 0 aromatic rings. The number of amides is 1. The second-order valence-electron chi connectivity index (χ2n) is 4.11. The van der Waals surface area contributed by atoms with Crippen molar-refractivity contribution in [2.75, 3.05) is 12.3 Å². The van der Waals surface area contributed by atoms with Crippen LogP contribution in [0.3, 0.4) is 0 Å². The summed E-state index contributed by atoms with van der Waals surface area (Å²) >= 11 is 2.58. The smallest absolute Gasteiger partial charge is 0.354 e. The first kappa shape index (κ1) is 13.7. The first-order chi connectivity index (χ1) is 8.44. The Labute approximate surface area is 113 Å². The Morgan fingerprint density at radius 2 is 2.39 bits per heavy atom. The fourth-order valence-corrected chi connectivity index (χ4v) is 4.83. The van der Waals surface area contributed by atoms with Crippen molar-refractivity contribution in [1.82, 2.24) is 4.90 Å². The van der Waals surface area contributed by atoms with E-state index in [1.165, 1.54) is 28.4 Å². The molecule has 8 heteroatoms. The largest absolute Gasteiger partial charge is 0.477 e. The number of β-lactam (4-membered cyclic amide) rings is 1. The third kappa shape index (κ3) is 1.83. The number of aliphatic hydroxyl groups excluding tert-OH is 1. The summed E-state index contributed by atoms with van der Waals surface area (Å²) in [6.07, 6.45) is -0.621. The summed E-state index contributed by atoms with van der Waals surface area (Å²) in [5, 5.41) is 19.1. The van der Waals surface area contributed by atoms with Gasteiger partial charge in [-0.2, -0.15) is 0 Å². The number of thioether (sulfide) groups is 2. The molecular formula is C10H14N2O4S2. The average molecular weight is 290 g/mol. The number of carboxylic acid groups (broad SMARTS) is 1. The van der Waals surface area contributed by atoms with Crippen LogP contribution >= 0.6 is 23.5 Å². The molecular weight excluding hydrogens is 276 g/mol. The minimum Gasteiger partial charge on any atom is -0.477 e. The zero-order valence-electron chi connectivity index (χ0n) is 9.75. The molecule has 0 saturated carbocycles. The van der Waals surface area contributed by atoms with Crippen molar-refractivity contribution in [2.24, 2.45) is 5.73 Å². The minimum absolute atomic E-state index is 0.0180. The van der Waals surface area contributed by atoms with E-state index < -0.39 is 16.9 Å². The highest BCUT2D eigenvalue weighted by molar-refractivity contribution is 8.23. The molecule has 1 fully saturated rings. The summed E-state index contributed by atoms with van der Waals surface area (Å²) in [4.78, 5) is 23.3. The highest BCUT2D eigenvalue weighted by Crippen LogP contribution is 2.59. The second-order valence-corrected chi connectivity index (χ2v) is 6.79. The molecule has 0 bridgehead atoms. The molecule has 0 aromatic carbocycles. The van der Waals surface area contributed by atoms with Gasteiger partial charge in [0.1, 0.15) is 4.87 Å². The normalized spacial score (nSPS) is 28.2. The minimum atomic E-state index is -1.14. The molecule has 6 nitrogen and oxygen atoms in total. The first-order valence-electron chi connectivity index (χ1n) is 5.44.